The number of ether oxygens (including phenoxy) is 2. The second-order valence-corrected chi connectivity index (χ2v) is 7.03. The molecular formula is C19H19NO6S. The first-order valence-electron chi connectivity index (χ1n) is 8.21. The van der Waals surface area contributed by atoms with Gasteiger partial charge in [-0.05, 0) is 23.3 Å². The Labute approximate surface area is 160 Å². The number of hydrogen-bond acceptors (Lipinski definition) is 6. The molecule has 1 aliphatic rings. The molecule has 2 aromatic rings. The zero-order valence-electron chi connectivity index (χ0n) is 14.6. The molecule has 0 aliphatic carbocycles. The first-order chi connectivity index (χ1) is 13.0. The Bertz CT molecular complexity index is 828. The third-order valence-corrected chi connectivity index (χ3v) is 5.51. The second-order valence-electron chi connectivity index (χ2n) is 5.92. The summed E-state index contributed by atoms with van der Waals surface area (Å²) in [4.78, 5) is 25.5. The Hall–Kier alpha value is -2.87. The highest BCUT2D eigenvalue weighted by Crippen LogP contribution is 2.43. The minimum atomic E-state index is -1.09. The Morgan fingerprint density at radius 3 is 2.63 bits per heavy atom. The molecule has 1 aliphatic heterocycles. The summed E-state index contributed by atoms with van der Waals surface area (Å²) in [6, 6.07) is 12.9. The highest BCUT2D eigenvalue weighted by molar-refractivity contribution is 7.99. The maximum absolute atomic E-state index is 12.7. The van der Waals surface area contributed by atoms with E-state index >= 15 is 0 Å². The summed E-state index contributed by atoms with van der Waals surface area (Å²) in [5, 5.41) is 18.7. The van der Waals surface area contributed by atoms with Gasteiger partial charge in [0.2, 0.25) is 0 Å². The normalized spacial score (nSPS) is 18.9. The van der Waals surface area contributed by atoms with Crippen LogP contribution in [0.15, 0.2) is 48.5 Å². The molecule has 2 unspecified atom stereocenters. The van der Waals surface area contributed by atoms with Crippen LogP contribution in [-0.4, -0.2) is 46.1 Å². The molecule has 142 valence electrons. The first kappa shape index (κ1) is 18.9. The van der Waals surface area contributed by atoms with E-state index in [4.69, 9.17) is 9.47 Å². The molecule has 27 heavy (non-hydrogen) atoms. The molecule has 2 N–H and O–H groups in total. The number of phenolic OH excluding ortho intramolecular Hbond substituents is 1. The molecule has 0 bridgehead atoms. The largest absolute Gasteiger partial charge is 0.504 e. The number of hydrogen-bond donors (Lipinski definition) is 2. The number of benzene rings is 2. The lowest BCUT2D eigenvalue weighted by molar-refractivity contribution is -0.141. The smallest absolute Gasteiger partial charge is 0.412 e. The molecule has 0 saturated carbocycles. The van der Waals surface area contributed by atoms with Crippen molar-refractivity contribution in [2.24, 2.45) is 0 Å². The van der Waals surface area contributed by atoms with E-state index in [0.29, 0.717) is 5.56 Å². The number of carboxylic acids is 1. The number of aromatic hydroxyl groups is 1. The van der Waals surface area contributed by atoms with Crippen LogP contribution in [0.2, 0.25) is 0 Å². The Morgan fingerprint density at radius 1 is 1.22 bits per heavy atom. The standard InChI is InChI=1S/C19H19NO6S/c1-25-16-9-13(7-8-15(16)21)17-20(14(11-27-17)18(22)23)19(24)26-10-12-5-3-2-4-6-12/h2-9,14,17,21H,10-11H2,1H3,(H,22,23). The molecule has 2 aromatic carbocycles. The average Bonchev–Trinajstić information content (AvgIpc) is 3.13. The van der Waals surface area contributed by atoms with Gasteiger partial charge in [-0.3, -0.25) is 4.90 Å². The lowest BCUT2D eigenvalue weighted by Crippen LogP contribution is -2.43. The van der Waals surface area contributed by atoms with Crippen LogP contribution in [0.5, 0.6) is 11.5 Å². The zero-order valence-corrected chi connectivity index (χ0v) is 15.4. The summed E-state index contributed by atoms with van der Waals surface area (Å²) in [7, 11) is 1.42. The molecular weight excluding hydrogens is 370 g/mol. The van der Waals surface area contributed by atoms with Crippen molar-refractivity contribution < 1.29 is 29.3 Å². The predicted molar refractivity (Wildman–Crippen MR) is 99.7 cm³/mol. The molecule has 1 fully saturated rings. The highest BCUT2D eigenvalue weighted by Gasteiger charge is 2.43. The van der Waals surface area contributed by atoms with Gasteiger partial charge in [0.25, 0.3) is 0 Å². The lowest BCUT2D eigenvalue weighted by atomic mass is 10.1. The number of nitrogens with zero attached hydrogens (tertiary/aromatic N) is 1. The third kappa shape index (κ3) is 4.11. The molecule has 1 heterocycles. The van der Waals surface area contributed by atoms with Crippen molar-refractivity contribution in [1.82, 2.24) is 4.90 Å². The first-order valence-corrected chi connectivity index (χ1v) is 9.26. The van der Waals surface area contributed by atoms with Crippen molar-refractivity contribution in [3.63, 3.8) is 0 Å². The number of rotatable bonds is 5. The van der Waals surface area contributed by atoms with Gasteiger partial charge in [-0.1, -0.05) is 36.4 Å². The van der Waals surface area contributed by atoms with Crippen LogP contribution >= 0.6 is 11.8 Å². The van der Waals surface area contributed by atoms with Crippen molar-refractivity contribution in [2.75, 3.05) is 12.9 Å². The van der Waals surface area contributed by atoms with Gasteiger partial charge in [-0.15, -0.1) is 11.8 Å². The van der Waals surface area contributed by atoms with Crippen molar-refractivity contribution >= 4 is 23.8 Å². The van der Waals surface area contributed by atoms with Gasteiger partial charge < -0.3 is 19.7 Å². The average molecular weight is 389 g/mol. The Kier molecular flexibility index (Phi) is 5.75. The summed E-state index contributed by atoms with van der Waals surface area (Å²) in [5.74, 6) is -0.627. The van der Waals surface area contributed by atoms with E-state index in [-0.39, 0.29) is 23.9 Å². The molecule has 0 radical (unpaired) electrons. The van der Waals surface area contributed by atoms with Crippen LogP contribution in [0.1, 0.15) is 16.5 Å². The van der Waals surface area contributed by atoms with Crippen molar-refractivity contribution in [3.8, 4) is 11.5 Å². The maximum atomic E-state index is 12.7. The van der Waals surface area contributed by atoms with E-state index in [1.165, 1.54) is 29.8 Å². The minimum Gasteiger partial charge on any atom is -0.504 e. The number of phenols is 1. The predicted octanol–water partition coefficient (Wildman–Crippen LogP) is 3.24. The fraction of sp³-hybridized carbons (Fsp3) is 0.263. The number of carbonyl (C=O) groups excluding carboxylic acids is 1. The number of carboxylic acid groups (broad SMARTS) is 1. The number of thioether (sulfide) groups is 1. The van der Waals surface area contributed by atoms with Crippen LogP contribution in [0.4, 0.5) is 4.79 Å². The van der Waals surface area contributed by atoms with Gasteiger partial charge >= 0.3 is 12.1 Å². The number of aliphatic carboxylic acids is 1. The summed E-state index contributed by atoms with van der Waals surface area (Å²) < 4.78 is 10.5. The fourth-order valence-electron chi connectivity index (χ4n) is 2.82. The molecule has 0 aromatic heterocycles. The quantitative estimate of drug-likeness (QED) is 0.810. The third-order valence-electron chi connectivity index (χ3n) is 4.19. The molecule has 0 spiro atoms. The van der Waals surface area contributed by atoms with E-state index in [0.717, 1.165) is 5.56 Å². The number of amides is 1. The molecule has 3 rings (SSSR count). The van der Waals surface area contributed by atoms with Crippen LogP contribution in [0, 0.1) is 0 Å². The summed E-state index contributed by atoms with van der Waals surface area (Å²) >= 11 is 1.32. The van der Waals surface area contributed by atoms with Gasteiger partial charge in [0.05, 0.1) is 7.11 Å². The van der Waals surface area contributed by atoms with Crippen LogP contribution in [0.25, 0.3) is 0 Å². The summed E-state index contributed by atoms with van der Waals surface area (Å²) in [5.41, 5.74) is 1.46. The van der Waals surface area contributed by atoms with E-state index < -0.39 is 23.5 Å². The van der Waals surface area contributed by atoms with Crippen LogP contribution in [-0.2, 0) is 16.1 Å². The maximum Gasteiger partial charge on any atom is 0.412 e. The summed E-state index contributed by atoms with van der Waals surface area (Å²) in [6.07, 6.45) is -0.701. The molecule has 2 atom stereocenters. The zero-order chi connectivity index (χ0) is 19.4. The van der Waals surface area contributed by atoms with E-state index in [1.807, 2.05) is 30.3 Å². The SMILES string of the molecule is COc1cc(C2SCC(C(=O)O)N2C(=O)OCc2ccccc2)ccc1O. The molecule has 7 nitrogen and oxygen atoms in total. The highest BCUT2D eigenvalue weighted by atomic mass is 32.2. The van der Waals surface area contributed by atoms with Crippen molar-refractivity contribution in [2.45, 2.75) is 18.0 Å². The monoisotopic (exact) mass is 389 g/mol. The van der Waals surface area contributed by atoms with Gasteiger partial charge in [-0.25, -0.2) is 9.59 Å². The number of methoxy groups -OCH3 is 1. The fourth-order valence-corrected chi connectivity index (χ4v) is 4.22. The van der Waals surface area contributed by atoms with Gasteiger partial charge in [0.1, 0.15) is 18.0 Å². The molecule has 1 saturated heterocycles. The van der Waals surface area contributed by atoms with E-state index in [1.54, 1.807) is 12.1 Å². The molecule has 1 amide bonds. The van der Waals surface area contributed by atoms with Crippen molar-refractivity contribution in [1.29, 1.82) is 0 Å². The molecule has 8 heteroatoms. The van der Waals surface area contributed by atoms with Crippen LogP contribution in [0.3, 0.4) is 0 Å². The lowest BCUT2D eigenvalue weighted by Gasteiger charge is -2.27. The number of carbonyl (C=O) groups is 2. The minimum absolute atomic E-state index is 0.0303. The van der Waals surface area contributed by atoms with E-state index in [2.05, 4.69) is 0 Å². The Morgan fingerprint density at radius 2 is 1.96 bits per heavy atom. The van der Waals surface area contributed by atoms with Crippen molar-refractivity contribution in [3.05, 3.63) is 59.7 Å². The second kappa shape index (κ2) is 8.22. The summed E-state index contributed by atoms with van der Waals surface area (Å²) in [6.45, 7) is 0.0544. The van der Waals surface area contributed by atoms with Gasteiger partial charge in [0, 0.05) is 5.75 Å². The van der Waals surface area contributed by atoms with E-state index in [9.17, 15) is 19.8 Å². The Balaban J connectivity index is 1.83. The van der Waals surface area contributed by atoms with Gasteiger partial charge in [0.15, 0.2) is 11.5 Å². The topological polar surface area (TPSA) is 96.3 Å². The van der Waals surface area contributed by atoms with Crippen LogP contribution < -0.4 is 4.74 Å². The van der Waals surface area contributed by atoms with Gasteiger partial charge in [-0.2, -0.15) is 0 Å².